The fraction of sp³-hybridized carbons (Fsp3) is 0.200. The van der Waals surface area contributed by atoms with Crippen molar-refractivity contribution in [1.82, 2.24) is 5.06 Å². The number of alkyl halides is 3. The molecular weight excluding hydrogens is 333 g/mol. The second kappa shape index (κ2) is 5.82. The predicted molar refractivity (Wildman–Crippen MR) is 76.8 cm³/mol. The number of benzene rings is 1. The highest BCUT2D eigenvalue weighted by molar-refractivity contribution is 6.28. The van der Waals surface area contributed by atoms with Crippen molar-refractivity contribution in [2.24, 2.45) is 5.73 Å². The van der Waals surface area contributed by atoms with E-state index in [9.17, 15) is 13.2 Å². The van der Waals surface area contributed by atoms with Crippen molar-refractivity contribution in [2.45, 2.75) is 18.8 Å². The maximum atomic E-state index is 12.6. The van der Waals surface area contributed by atoms with Crippen LogP contribution in [0.5, 0.6) is 0 Å². The molecule has 0 amide bonds. The van der Waals surface area contributed by atoms with Crippen LogP contribution in [0.25, 0.3) is 0 Å². The molecule has 2 N–H and O–H groups in total. The van der Waals surface area contributed by atoms with Crippen molar-refractivity contribution in [3.63, 3.8) is 0 Å². The molecule has 0 aliphatic carbocycles. The molecule has 2 aromatic rings. The van der Waals surface area contributed by atoms with Crippen LogP contribution in [0.15, 0.2) is 52.8 Å². The summed E-state index contributed by atoms with van der Waals surface area (Å²) in [6, 6.07) is 7.73. The van der Waals surface area contributed by atoms with Gasteiger partial charge in [-0.25, -0.2) is 0 Å². The number of hydroxylamine groups is 2. The number of halogens is 4. The van der Waals surface area contributed by atoms with Crippen molar-refractivity contribution in [3.8, 4) is 0 Å². The minimum atomic E-state index is -4.36. The second-order valence-electron chi connectivity index (χ2n) is 5.02. The third kappa shape index (κ3) is 3.46. The fourth-order valence-corrected chi connectivity index (χ4v) is 2.43. The Kier molecular flexibility index (Phi) is 3.99. The molecule has 1 unspecified atom stereocenters. The standard InChI is InChI=1S/C15H12ClF3N2O2/c16-13-6-5-12(22-13)11-7-14(20)23-21(11)8-9-1-3-10(4-2-9)15(17,18)19/h1-7,11H,8,20H2. The Balaban J connectivity index is 1.76. The molecule has 122 valence electrons. The summed E-state index contributed by atoms with van der Waals surface area (Å²) < 4.78 is 43.1. The molecular formula is C15H12ClF3N2O2. The summed E-state index contributed by atoms with van der Waals surface area (Å²) in [5.41, 5.74) is 5.61. The van der Waals surface area contributed by atoms with Gasteiger partial charge < -0.3 is 15.0 Å². The quantitative estimate of drug-likeness (QED) is 0.904. The van der Waals surface area contributed by atoms with E-state index >= 15 is 0 Å². The maximum Gasteiger partial charge on any atom is 0.416 e. The molecule has 0 radical (unpaired) electrons. The average Bonchev–Trinajstić information content (AvgIpc) is 3.04. The Bertz CT molecular complexity index is 725. The zero-order valence-electron chi connectivity index (χ0n) is 11.7. The summed E-state index contributed by atoms with van der Waals surface area (Å²) >= 11 is 5.76. The van der Waals surface area contributed by atoms with E-state index in [1.807, 2.05) is 0 Å². The smallest absolute Gasteiger partial charge is 0.416 e. The van der Waals surface area contributed by atoms with Gasteiger partial charge in [0.25, 0.3) is 0 Å². The molecule has 0 spiro atoms. The minimum absolute atomic E-state index is 0.189. The van der Waals surface area contributed by atoms with Crippen LogP contribution in [0.2, 0.25) is 5.22 Å². The molecule has 1 aromatic carbocycles. The first-order valence-corrected chi connectivity index (χ1v) is 7.04. The Morgan fingerprint density at radius 1 is 1.13 bits per heavy atom. The molecule has 0 saturated heterocycles. The summed E-state index contributed by atoms with van der Waals surface area (Å²) in [6.07, 6.45) is -2.72. The third-order valence-electron chi connectivity index (χ3n) is 3.36. The normalized spacial score (nSPS) is 18.8. The highest BCUT2D eigenvalue weighted by Crippen LogP contribution is 2.34. The van der Waals surface area contributed by atoms with Gasteiger partial charge in [-0.15, -0.1) is 5.06 Å². The van der Waals surface area contributed by atoms with Gasteiger partial charge in [0.2, 0.25) is 5.88 Å². The van der Waals surface area contributed by atoms with Crippen molar-refractivity contribution >= 4 is 11.6 Å². The number of rotatable bonds is 3. The molecule has 0 bridgehead atoms. The second-order valence-corrected chi connectivity index (χ2v) is 5.39. The Morgan fingerprint density at radius 2 is 1.83 bits per heavy atom. The zero-order chi connectivity index (χ0) is 16.6. The van der Waals surface area contributed by atoms with Crippen LogP contribution in [-0.4, -0.2) is 5.06 Å². The summed E-state index contributed by atoms with van der Waals surface area (Å²) in [5.74, 6) is 0.719. The molecule has 0 saturated carbocycles. The highest BCUT2D eigenvalue weighted by atomic mass is 35.5. The van der Waals surface area contributed by atoms with Gasteiger partial charge in [-0.1, -0.05) is 12.1 Å². The van der Waals surface area contributed by atoms with Crippen LogP contribution in [0, 0.1) is 0 Å². The van der Waals surface area contributed by atoms with E-state index in [0.29, 0.717) is 11.3 Å². The van der Waals surface area contributed by atoms with Gasteiger partial charge in [0, 0.05) is 6.08 Å². The van der Waals surface area contributed by atoms with Gasteiger partial charge in [-0.3, -0.25) is 0 Å². The van der Waals surface area contributed by atoms with E-state index in [4.69, 9.17) is 26.6 Å². The average molecular weight is 345 g/mol. The van der Waals surface area contributed by atoms with E-state index in [0.717, 1.165) is 12.1 Å². The lowest BCUT2D eigenvalue weighted by molar-refractivity contribution is -0.137. The van der Waals surface area contributed by atoms with Crippen LogP contribution in [-0.2, 0) is 17.6 Å². The van der Waals surface area contributed by atoms with Crippen LogP contribution < -0.4 is 5.73 Å². The first kappa shape index (κ1) is 15.8. The largest absolute Gasteiger partial charge is 0.448 e. The lowest BCUT2D eigenvalue weighted by Crippen LogP contribution is -2.23. The van der Waals surface area contributed by atoms with E-state index < -0.39 is 17.8 Å². The fourth-order valence-electron chi connectivity index (χ4n) is 2.28. The minimum Gasteiger partial charge on any atom is -0.448 e. The zero-order valence-corrected chi connectivity index (χ0v) is 12.4. The van der Waals surface area contributed by atoms with Crippen molar-refractivity contribution in [3.05, 3.63) is 70.5 Å². The summed E-state index contributed by atoms with van der Waals surface area (Å²) in [6.45, 7) is 0.234. The van der Waals surface area contributed by atoms with Crippen LogP contribution in [0.4, 0.5) is 13.2 Å². The predicted octanol–water partition coefficient (Wildman–Crippen LogP) is 4.24. The van der Waals surface area contributed by atoms with E-state index in [-0.39, 0.29) is 17.6 Å². The Labute approximate surface area is 134 Å². The number of furan rings is 1. The lowest BCUT2D eigenvalue weighted by atomic mass is 10.1. The molecule has 8 heteroatoms. The van der Waals surface area contributed by atoms with Crippen LogP contribution >= 0.6 is 11.6 Å². The third-order valence-corrected chi connectivity index (χ3v) is 3.56. The SMILES string of the molecule is NC1=CC(c2ccc(Cl)o2)N(Cc2ccc(C(F)(F)F)cc2)O1. The van der Waals surface area contributed by atoms with Gasteiger partial charge in [0.1, 0.15) is 11.8 Å². The molecule has 1 aliphatic rings. The van der Waals surface area contributed by atoms with Gasteiger partial charge >= 0.3 is 6.18 Å². The number of hydrogen-bond acceptors (Lipinski definition) is 4. The molecule has 3 rings (SSSR count). The molecule has 4 nitrogen and oxygen atoms in total. The molecule has 1 aliphatic heterocycles. The summed E-state index contributed by atoms with van der Waals surface area (Å²) in [7, 11) is 0. The van der Waals surface area contributed by atoms with Crippen LogP contribution in [0.1, 0.15) is 22.9 Å². The van der Waals surface area contributed by atoms with E-state index in [1.54, 1.807) is 18.2 Å². The van der Waals surface area contributed by atoms with Gasteiger partial charge in [0.05, 0.1) is 12.1 Å². The van der Waals surface area contributed by atoms with Gasteiger partial charge in [-0.05, 0) is 41.4 Å². The van der Waals surface area contributed by atoms with E-state index in [2.05, 4.69) is 0 Å². The maximum absolute atomic E-state index is 12.6. The first-order chi connectivity index (χ1) is 10.8. The van der Waals surface area contributed by atoms with Gasteiger partial charge in [-0.2, -0.15) is 13.2 Å². The van der Waals surface area contributed by atoms with Crippen molar-refractivity contribution in [1.29, 1.82) is 0 Å². The number of nitrogens with zero attached hydrogens (tertiary/aromatic N) is 1. The van der Waals surface area contributed by atoms with Crippen molar-refractivity contribution < 1.29 is 22.4 Å². The first-order valence-electron chi connectivity index (χ1n) is 6.66. The molecule has 1 aromatic heterocycles. The molecule has 1 atom stereocenters. The molecule has 0 fully saturated rings. The number of hydrogen-bond donors (Lipinski definition) is 1. The van der Waals surface area contributed by atoms with Crippen LogP contribution in [0.3, 0.4) is 0 Å². The lowest BCUT2D eigenvalue weighted by Gasteiger charge is -2.21. The number of nitrogens with two attached hydrogens (primary N) is 1. The highest BCUT2D eigenvalue weighted by Gasteiger charge is 2.32. The monoisotopic (exact) mass is 344 g/mol. The summed E-state index contributed by atoms with van der Waals surface area (Å²) in [5, 5.41) is 1.74. The topological polar surface area (TPSA) is 51.6 Å². The molecule has 2 heterocycles. The Morgan fingerprint density at radius 3 is 2.39 bits per heavy atom. The Hall–Kier alpha value is -2.12. The van der Waals surface area contributed by atoms with Crippen molar-refractivity contribution in [2.75, 3.05) is 0 Å². The molecule has 23 heavy (non-hydrogen) atoms. The van der Waals surface area contributed by atoms with Gasteiger partial charge in [0.15, 0.2) is 5.22 Å². The summed E-state index contributed by atoms with van der Waals surface area (Å²) in [4.78, 5) is 5.39. The van der Waals surface area contributed by atoms with E-state index in [1.165, 1.54) is 17.2 Å².